The first-order valence-electron chi connectivity index (χ1n) is 11.4. The molecule has 5 rings (SSSR count). The molecule has 1 atom stereocenters. The van der Waals surface area contributed by atoms with Crippen LogP contribution in [0, 0.1) is 12.8 Å². The van der Waals surface area contributed by atoms with E-state index in [4.69, 9.17) is 9.57 Å². The minimum absolute atomic E-state index is 0.243. The minimum Gasteiger partial charge on any atom is -0.487 e. The molecule has 0 radical (unpaired) electrons. The fourth-order valence-corrected chi connectivity index (χ4v) is 5.22. The molecule has 0 spiro atoms. The van der Waals surface area contributed by atoms with Gasteiger partial charge in [-0.05, 0) is 55.5 Å². The third-order valence-corrected chi connectivity index (χ3v) is 7.14. The van der Waals surface area contributed by atoms with Gasteiger partial charge in [-0.15, -0.1) is 16.4 Å². The van der Waals surface area contributed by atoms with E-state index in [-0.39, 0.29) is 12.0 Å². The van der Waals surface area contributed by atoms with Crippen LogP contribution < -0.4 is 4.74 Å². The van der Waals surface area contributed by atoms with Gasteiger partial charge in [0, 0.05) is 5.38 Å². The monoisotopic (exact) mass is 462 g/mol. The van der Waals surface area contributed by atoms with Crippen LogP contribution in [0.3, 0.4) is 0 Å². The summed E-state index contributed by atoms with van der Waals surface area (Å²) in [6, 6.07) is 14.6. The zero-order chi connectivity index (χ0) is 22.8. The van der Waals surface area contributed by atoms with Crippen LogP contribution in [0.5, 0.6) is 5.75 Å². The quantitative estimate of drug-likeness (QED) is 0.410. The molecular weight excluding hydrogens is 436 g/mol. The number of carbonyl (C=O) groups is 2. The summed E-state index contributed by atoms with van der Waals surface area (Å²) in [5.41, 5.74) is 2.64. The normalized spacial score (nSPS) is 17.3. The SMILES string of the molecule is Cc1nc(COc2ccc(C(ON3C(=O)c4ccccc4C3=O)C3CCCCC3)cc2)cs1. The van der Waals surface area contributed by atoms with Gasteiger partial charge >= 0.3 is 0 Å². The van der Waals surface area contributed by atoms with Crippen molar-refractivity contribution in [3.05, 3.63) is 81.3 Å². The molecule has 0 N–H and O–H groups in total. The molecule has 1 aliphatic heterocycles. The lowest BCUT2D eigenvalue weighted by molar-refractivity contribution is -0.156. The van der Waals surface area contributed by atoms with Crippen molar-refractivity contribution >= 4 is 23.2 Å². The topological polar surface area (TPSA) is 68.7 Å². The Bertz CT molecular complexity index is 1120. The summed E-state index contributed by atoms with van der Waals surface area (Å²) in [4.78, 5) is 36.4. The van der Waals surface area contributed by atoms with Gasteiger partial charge in [0.1, 0.15) is 18.5 Å². The number of rotatable bonds is 7. The average molecular weight is 463 g/mol. The number of aryl methyl sites for hydroxylation is 1. The molecule has 0 saturated heterocycles. The minimum atomic E-state index is -0.394. The third-order valence-electron chi connectivity index (χ3n) is 6.32. The van der Waals surface area contributed by atoms with Gasteiger partial charge in [0.15, 0.2) is 0 Å². The predicted molar refractivity (Wildman–Crippen MR) is 125 cm³/mol. The molecule has 1 fully saturated rings. The number of nitrogens with zero attached hydrogens (tertiary/aromatic N) is 2. The lowest BCUT2D eigenvalue weighted by Gasteiger charge is -2.32. The number of fused-ring (bicyclic) bond motifs is 1. The van der Waals surface area contributed by atoms with E-state index < -0.39 is 11.8 Å². The van der Waals surface area contributed by atoms with Crippen LogP contribution in [0.15, 0.2) is 53.9 Å². The Balaban J connectivity index is 1.34. The van der Waals surface area contributed by atoms with E-state index >= 15 is 0 Å². The summed E-state index contributed by atoms with van der Waals surface area (Å²) in [6.07, 6.45) is 5.11. The maximum atomic E-state index is 12.9. The molecule has 2 heterocycles. The van der Waals surface area contributed by atoms with Crippen molar-refractivity contribution in [3.63, 3.8) is 0 Å². The van der Waals surface area contributed by atoms with E-state index in [1.165, 1.54) is 6.42 Å². The second-order valence-corrected chi connectivity index (χ2v) is 9.65. The zero-order valence-corrected chi connectivity index (χ0v) is 19.3. The molecule has 1 aromatic heterocycles. The first-order valence-corrected chi connectivity index (χ1v) is 12.3. The number of ether oxygens (including phenoxy) is 1. The van der Waals surface area contributed by atoms with E-state index in [0.29, 0.717) is 17.7 Å². The summed E-state index contributed by atoms with van der Waals surface area (Å²) < 4.78 is 5.88. The van der Waals surface area contributed by atoms with Crippen molar-refractivity contribution in [1.29, 1.82) is 0 Å². The van der Waals surface area contributed by atoms with Crippen molar-refractivity contribution < 1.29 is 19.2 Å². The Morgan fingerprint density at radius 2 is 1.67 bits per heavy atom. The maximum absolute atomic E-state index is 12.9. The van der Waals surface area contributed by atoms with Gasteiger partial charge in [-0.1, -0.05) is 43.5 Å². The molecule has 3 aromatic rings. The summed E-state index contributed by atoms with van der Waals surface area (Å²) in [6.45, 7) is 2.39. The highest BCUT2D eigenvalue weighted by atomic mass is 32.1. The zero-order valence-electron chi connectivity index (χ0n) is 18.5. The maximum Gasteiger partial charge on any atom is 0.285 e. The summed E-state index contributed by atoms with van der Waals surface area (Å²) in [5.74, 6) is 0.199. The first-order chi connectivity index (χ1) is 16.1. The largest absolute Gasteiger partial charge is 0.487 e. The van der Waals surface area contributed by atoms with Crippen molar-refractivity contribution in [3.8, 4) is 5.75 Å². The number of hydroxylamine groups is 2. The van der Waals surface area contributed by atoms with Gasteiger partial charge in [-0.3, -0.25) is 14.4 Å². The highest BCUT2D eigenvalue weighted by molar-refractivity contribution is 7.09. The number of imide groups is 1. The van der Waals surface area contributed by atoms with Crippen molar-refractivity contribution in [1.82, 2.24) is 10.0 Å². The van der Waals surface area contributed by atoms with Crippen LogP contribution in [0.2, 0.25) is 0 Å². The van der Waals surface area contributed by atoms with Crippen LogP contribution in [0.25, 0.3) is 0 Å². The molecule has 33 heavy (non-hydrogen) atoms. The van der Waals surface area contributed by atoms with Gasteiger partial charge in [-0.2, -0.15) is 0 Å². The van der Waals surface area contributed by atoms with Gasteiger partial charge in [0.05, 0.1) is 21.8 Å². The number of amides is 2. The lowest BCUT2D eigenvalue weighted by Crippen LogP contribution is -2.34. The Hall–Kier alpha value is -3.03. The molecule has 170 valence electrons. The fourth-order valence-electron chi connectivity index (χ4n) is 4.62. The van der Waals surface area contributed by atoms with Crippen LogP contribution in [0.4, 0.5) is 0 Å². The molecule has 1 unspecified atom stereocenters. The lowest BCUT2D eigenvalue weighted by atomic mass is 9.82. The Labute approximate surface area is 197 Å². The van der Waals surface area contributed by atoms with Crippen LogP contribution in [-0.4, -0.2) is 21.9 Å². The third kappa shape index (κ3) is 4.56. The predicted octanol–water partition coefficient (Wildman–Crippen LogP) is 5.88. The summed E-state index contributed by atoms with van der Waals surface area (Å²) in [5, 5.41) is 3.97. The van der Waals surface area contributed by atoms with E-state index in [9.17, 15) is 9.59 Å². The Kier molecular flexibility index (Phi) is 6.24. The fraction of sp³-hybridized carbons (Fsp3) is 0.346. The molecule has 0 bridgehead atoms. The van der Waals surface area contributed by atoms with Gasteiger partial charge in [0.25, 0.3) is 11.8 Å². The molecule has 1 aliphatic carbocycles. The van der Waals surface area contributed by atoms with Gasteiger partial charge < -0.3 is 4.74 Å². The first kappa shape index (κ1) is 21.8. The summed E-state index contributed by atoms with van der Waals surface area (Å²) >= 11 is 1.61. The Morgan fingerprint density at radius 3 is 2.27 bits per heavy atom. The average Bonchev–Trinajstić information content (AvgIpc) is 3.38. The van der Waals surface area contributed by atoms with Crippen LogP contribution in [0.1, 0.15) is 75.2 Å². The van der Waals surface area contributed by atoms with Gasteiger partial charge in [-0.25, -0.2) is 4.98 Å². The number of aromatic nitrogens is 1. The summed E-state index contributed by atoms with van der Waals surface area (Å²) in [7, 11) is 0. The molecule has 2 amide bonds. The number of carbonyl (C=O) groups excluding carboxylic acids is 2. The number of thiazole rings is 1. The van der Waals surface area contributed by atoms with Crippen molar-refractivity contribution in [2.45, 2.75) is 51.7 Å². The molecular formula is C26H26N2O4S. The number of benzene rings is 2. The molecule has 6 nitrogen and oxygen atoms in total. The van der Waals surface area contributed by atoms with E-state index in [1.807, 2.05) is 36.6 Å². The van der Waals surface area contributed by atoms with Crippen molar-refractivity contribution in [2.75, 3.05) is 0 Å². The van der Waals surface area contributed by atoms with E-state index in [0.717, 1.165) is 52.8 Å². The molecule has 2 aliphatic rings. The Morgan fingerprint density at radius 1 is 1.00 bits per heavy atom. The highest BCUT2D eigenvalue weighted by Crippen LogP contribution is 2.39. The van der Waals surface area contributed by atoms with Gasteiger partial charge in [0.2, 0.25) is 0 Å². The van der Waals surface area contributed by atoms with Crippen molar-refractivity contribution in [2.24, 2.45) is 5.92 Å². The molecule has 2 aromatic carbocycles. The second kappa shape index (κ2) is 9.45. The van der Waals surface area contributed by atoms with E-state index in [2.05, 4.69) is 4.98 Å². The van der Waals surface area contributed by atoms with Crippen LogP contribution in [-0.2, 0) is 11.4 Å². The van der Waals surface area contributed by atoms with E-state index in [1.54, 1.807) is 35.6 Å². The molecule has 1 saturated carbocycles. The standard InChI is InChI=1S/C26H26N2O4S/c1-17-27-20(16-33-17)15-31-21-13-11-19(12-14-21)24(18-7-3-2-4-8-18)32-28-25(29)22-9-5-6-10-23(22)26(28)30/h5-6,9-14,16,18,24H,2-4,7-8,15H2,1H3. The smallest absolute Gasteiger partial charge is 0.285 e. The van der Waals surface area contributed by atoms with Crippen LogP contribution >= 0.6 is 11.3 Å². The second-order valence-electron chi connectivity index (χ2n) is 8.59. The highest BCUT2D eigenvalue weighted by Gasteiger charge is 2.40. The molecule has 7 heteroatoms. The number of hydrogen-bond acceptors (Lipinski definition) is 6. The number of hydrogen-bond donors (Lipinski definition) is 0.